The maximum atomic E-state index is 11.6. The van der Waals surface area contributed by atoms with Gasteiger partial charge < -0.3 is 5.11 Å². The van der Waals surface area contributed by atoms with Gasteiger partial charge in [0.25, 0.3) is 0 Å². The molecule has 0 radical (unpaired) electrons. The molecule has 0 amide bonds. The van der Waals surface area contributed by atoms with Gasteiger partial charge in [0, 0.05) is 5.69 Å². The maximum absolute atomic E-state index is 11.6. The van der Waals surface area contributed by atoms with Crippen molar-refractivity contribution < 1.29 is 9.90 Å². The summed E-state index contributed by atoms with van der Waals surface area (Å²) in [6, 6.07) is 21.4. The number of hydrogen-bond acceptors (Lipinski definition) is 3. The van der Waals surface area contributed by atoms with Crippen molar-refractivity contribution in [3.63, 3.8) is 0 Å². The van der Waals surface area contributed by atoms with E-state index in [9.17, 15) is 9.90 Å². The lowest BCUT2D eigenvalue weighted by atomic mass is 9.95. The molecule has 0 fully saturated rings. The second-order valence-electron chi connectivity index (χ2n) is 6.64. The van der Waals surface area contributed by atoms with E-state index in [2.05, 4.69) is 23.0 Å². The summed E-state index contributed by atoms with van der Waals surface area (Å²) in [6.45, 7) is 2.02. The van der Waals surface area contributed by atoms with Gasteiger partial charge in [-0.2, -0.15) is 11.8 Å². The third kappa shape index (κ3) is 3.18. The third-order valence-electron chi connectivity index (χ3n) is 4.82. The van der Waals surface area contributed by atoms with E-state index in [1.165, 1.54) is 0 Å². The van der Waals surface area contributed by atoms with Crippen LogP contribution in [0.5, 0.6) is 0 Å². The number of carboxylic acid groups (broad SMARTS) is 1. The highest BCUT2D eigenvalue weighted by Crippen LogP contribution is 2.31. The molecule has 28 heavy (non-hydrogen) atoms. The first kappa shape index (κ1) is 18.3. The number of fused-ring (bicyclic) bond motifs is 1. The van der Waals surface area contributed by atoms with Crippen LogP contribution in [0.2, 0.25) is 0 Å². The van der Waals surface area contributed by atoms with Gasteiger partial charge in [-0.25, -0.2) is 9.78 Å². The smallest absolute Gasteiger partial charge is 0.336 e. The minimum Gasteiger partial charge on any atom is -0.478 e. The first-order valence-corrected chi connectivity index (χ1v) is 10.4. The Kier molecular flexibility index (Phi) is 4.92. The Morgan fingerprint density at radius 2 is 1.79 bits per heavy atom. The topological polar surface area (TPSA) is 55.1 Å². The normalized spacial score (nSPS) is 11.1. The summed E-state index contributed by atoms with van der Waals surface area (Å²) in [5.41, 5.74) is 6.09. The molecule has 0 saturated heterocycles. The molecule has 0 unspecified atom stereocenters. The van der Waals surface area contributed by atoms with E-state index in [0.29, 0.717) is 5.56 Å². The van der Waals surface area contributed by atoms with Crippen molar-refractivity contribution in [1.82, 2.24) is 9.55 Å². The van der Waals surface area contributed by atoms with Gasteiger partial charge in [-0.05, 0) is 60.2 Å². The van der Waals surface area contributed by atoms with Gasteiger partial charge in [0.2, 0.25) is 0 Å². The van der Waals surface area contributed by atoms with Crippen molar-refractivity contribution in [3.8, 4) is 16.8 Å². The maximum Gasteiger partial charge on any atom is 0.336 e. The van der Waals surface area contributed by atoms with Crippen LogP contribution in [0.3, 0.4) is 0 Å². The van der Waals surface area contributed by atoms with Crippen molar-refractivity contribution in [2.24, 2.45) is 0 Å². The fraction of sp³-hybridized carbons (Fsp3) is 0.130. The number of benzene rings is 3. The van der Waals surface area contributed by atoms with Gasteiger partial charge in [0.1, 0.15) is 5.82 Å². The zero-order chi connectivity index (χ0) is 19.7. The highest BCUT2D eigenvalue weighted by Gasteiger charge is 2.15. The van der Waals surface area contributed by atoms with Crippen LogP contribution < -0.4 is 0 Å². The number of carbonyl (C=O) groups is 1. The van der Waals surface area contributed by atoms with Crippen molar-refractivity contribution >= 4 is 28.8 Å². The Hall–Kier alpha value is -3.05. The molecule has 0 spiro atoms. The lowest BCUT2D eigenvalue weighted by Crippen LogP contribution is -2.02. The van der Waals surface area contributed by atoms with Crippen LogP contribution in [0.15, 0.2) is 66.7 Å². The van der Waals surface area contributed by atoms with Crippen molar-refractivity contribution in [3.05, 3.63) is 83.7 Å². The molecule has 1 aromatic heterocycles. The van der Waals surface area contributed by atoms with Crippen molar-refractivity contribution in [1.29, 1.82) is 0 Å². The summed E-state index contributed by atoms with van der Waals surface area (Å²) < 4.78 is 2.19. The lowest BCUT2D eigenvalue weighted by Gasteiger charge is -2.14. The molecule has 140 valence electrons. The fourth-order valence-corrected chi connectivity index (χ4v) is 4.04. The average Bonchev–Trinajstić information content (AvgIpc) is 3.06. The molecule has 0 aliphatic carbocycles. The number of para-hydroxylation sites is 2. The van der Waals surface area contributed by atoms with Gasteiger partial charge in [-0.15, -0.1) is 0 Å². The largest absolute Gasteiger partial charge is 0.478 e. The van der Waals surface area contributed by atoms with Crippen LogP contribution >= 0.6 is 11.8 Å². The van der Waals surface area contributed by atoms with Crippen LogP contribution in [-0.4, -0.2) is 26.9 Å². The number of thioether (sulfide) groups is 1. The standard InChI is InChI=1S/C23H20N2O2S/c1-15-13-16(11-12-17(15)18-7-3-4-8-19(18)23(26)27)25-21-10-6-5-9-20(21)24-22(25)14-28-2/h3-13H,14H2,1-2H3,(H,26,27). The van der Waals surface area contributed by atoms with E-state index in [-0.39, 0.29) is 0 Å². The van der Waals surface area contributed by atoms with Gasteiger partial charge in [-0.1, -0.05) is 36.4 Å². The Morgan fingerprint density at radius 1 is 1.04 bits per heavy atom. The number of rotatable bonds is 5. The summed E-state index contributed by atoms with van der Waals surface area (Å²) in [5, 5.41) is 9.52. The van der Waals surface area contributed by atoms with Crippen molar-refractivity contribution in [2.45, 2.75) is 12.7 Å². The second-order valence-corrected chi connectivity index (χ2v) is 7.50. The zero-order valence-corrected chi connectivity index (χ0v) is 16.5. The third-order valence-corrected chi connectivity index (χ3v) is 5.37. The average molecular weight is 388 g/mol. The van der Waals surface area contributed by atoms with Crippen LogP contribution in [-0.2, 0) is 5.75 Å². The molecule has 0 saturated carbocycles. The first-order chi connectivity index (χ1) is 13.6. The fourth-order valence-electron chi connectivity index (χ4n) is 3.58. The summed E-state index contributed by atoms with van der Waals surface area (Å²) in [7, 11) is 0. The molecule has 1 N–H and O–H groups in total. The predicted molar refractivity (Wildman–Crippen MR) is 115 cm³/mol. The quantitative estimate of drug-likeness (QED) is 0.486. The number of carboxylic acids is 1. The minimum atomic E-state index is -0.915. The van der Waals surface area contributed by atoms with Crippen LogP contribution in [0.1, 0.15) is 21.7 Å². The Morgan fingerprint density at radius 3 is 2.54 bits per heavy atom. The molecular weight excluding hydrogens is 368 g/mol. The molecule has 0 aliphatic heterocycles. The number of aryl methyl sites for hydroxylation is 1. The van der Waals surface area contributed by atoms with Gasteiger partial charge in [0.15, 0.2) is 0 Å². The number of aromatic nitrogens is 2. The molecule has 5 heteroatoms. The summed E-state index contributed by atoms with van der Waals surface area (Å²) in [4.78, 5) is 16.4. The Bertz CT molecular complexity index is 1180. The molecule has 0 aliphatic rings. The second kappa shape index (κ2) is 7.52. The predicted octanol–water partition coefficient (Wildman–Crippen LogP) is 5.56. The van der Waals surface area contributed by atoms with E-state index >= 15 is 0 Å². The van der Waals surface area contributed by atoms with Crippen LogP contribution in [0.4, 0.5) is 0 Å². The molecule has 4 aromatic rings. The molecule has 4 rings (SSSR count). The molecular formula is C23H20N2O2S. The minimum absolute atomic E-state index is 0.314. The molecule has 4 nitrogen and oxygen atoms in total. The Balaban J connectivity index is 1.87. The summed E-state index contributed by atoms with van der Waals surface area (Å²) in [5.74, 6) is 0.908. The summed E-state index contributed by atoms with van der Waals surface area (Å²) >= 11 is 1.74. The number of hydrogen-bond donors (Lipinski definition) is 1. The van der Waals surface area contributed by atoms with Gasteiger partial charge in [0.05, 0.1) is 22.3 Å². The van der Waals surface area contributed by atoms with Gasteiger partial charge >= 0.3 is 5.97 Å². The van der Waals surface area contributed by atoms with E-state index in [1.54, 1.807) is 23.9 Å². The van der Waals surface area contributed by atoms with Gasteiger partial charge in [-0.3, -0.25) is 4.57 Å². The molecule has 0 bridgehead atoms. The van der Waals surface area contributed by atoms with E-state index in [4.69, 9.17) is 4.98 Å². The monoisotopic (exact) mass is 388 g/mol. The number of imidazole rings is 1. The van der Waals surface area contributed by atoms with E-state index < -0.39 is 5.97 Å². The lowest BCUT2D eigenvalue weighted by molar-refractivity contribution is 0.0697. The van der Waals surface area contributed by atoms with Crippen LogP contribution in [0.25, 0.3) is 27.8 Å². The Labute approximate surface area is 167 Å². The highest BCUT2D eigenvalue weighted by molar-refractivity contribution is 7.97. The molecule has 0 atom stereocenters. The van der Waals surface area contributed by atoms with Crippen LogP contribution in [0, 0.1) is 6.92 Å². The van der Waals surface area contributed by atoms with Crippen molar-refractivity contribution in [2.75, 3.05) is 6.26 Å². The van der Waals surface area contributed by atoms with E-state index in [1.807, 2.05) is 49.4 Å². The first-order valence-electron chi connectivity index (χ1n) is 8.99. The van der Waals surface area contributed by atoms with E-state index in [0.717, 1.165) is 45.0 Å². The number of aromatic carboxylic acids is 1. The highest BCUT2D eigenvalue weighted by atomic mass is 32.2. The summed E-state index contributed by atoms with van der Waals surface area (Å²) in [6.07, 6.45) is 2.07. The number of nitrogens with zero attached hydrogens (tertiary/aromatic N) is 2. The molecule has 1 heterocycles. The SMILES string of the molecule is CSCc1nc2ccccc2n1-c1ccc(-c2ccccc2C(=O)O)c(C)c1. The zero-order valence-electron chi connectivity index (χ0n) is 15.7. The molecule has 3 aromatic carbocycles.